The van der Waals surface area contributed by atoms with Gasteiger partial charge in [-0.1, -0.05) is 42.5 Å². The van der Waals surface area contributed by atoms with E-state index in [0.29, 0.717) is 35.5 Å². The molecule has 0 spiro atoms. The van der Waals surface area contributed by atoms with Crippen LogP contribution in [0.5, 0.6) is 5.75 Å². The van der Waals surface area contributed by atoms with Crippen LogP contribution in [0.15, 0.2) is 66.7 Å². The lowest BCUT2D eigenvalue weighted by molar-refractivity contribution is -0.140. The fourth-order valence-electron chi connectivity index (χ4n) is 4.06. The molecule has 190 valence electrons. The Morgan fingerprint density at radius 2 is 1.78 bits per heavy atom. The van der Waals surface area contributed by atoms with Gasteiger partial charge in [0.2, 0.25) is 5.91 Å². The fraction of sp³-hybridized carbons (Fsp3) is 0.231. The molecule has 0 fully saturated rings. The maximum absolute atomic E-state index is 13.7. The Kier molecular flexibility index (Phi) is 8.27. The zero-order chi connectivity index (χ0) is 25.2. The number of rotatable bonds is 7. The fourth-order valence-corrected chi connectivity index (χ4v) is 4.06. The minimum Gasteiger partial charge on any atom is -0.489 e. The van der Waals surface area contributed by atoms with Crippen molar-refractivity contribution in [3.05, 3.63) is 83.4 Å². The highest BCUT2D eigenvalue weighted by Crippen LogP contribution is 2.38. The van der Waals surface area contributed by atoms with Crippen molar-refractivity contribution in [2.24, 2.45) is 5.73 Å². The molecule has 10 heteroatoms. The Bertz CT molecular complexity index is 1250. The molecule has 1 atom stereocenters. The monoisotopic (exact) mass is 520 g/mol. The third-order valence-corrected chi connectivity index (χ3v) is 5.84. The van der Waals surface area contributed by atoms with Crippen LogP contribution >= 0.6 is 12.4 Å². The Hall–Kier alpha value is -3.56. The molecule has 4 rings (SSSR count). The van der Waals surface area contributed by atoms with Gasteiger partial charge in [-0.3, -0.25) is 9.59 Å². The molecule has 1 aliphatic heterocycles. The number of fused-ring (bicyclic) bond motifs is 1. The first-order chi connectivity index (χ1) is 16.6. The van der Waals surface area contributed by atoms with Crippen molar-refractivity contribution in [1.29, 1.82) is 0 Å². The van der Waals surface area contributed by atoms with E-state index in [9.17, 15) is 22.8 Å². The predicted octanol–water partition coefficient (Wildman–Crippen LogP) is 5.06. The number of hydrogen-bond acceptors (Lipinski definition) is 4. The van der Waals surface area contributed by atoms with Crippen LogP contribution in [0.4, 0.5) is 18.9 Å². The number of alkyl halides is 3. The van der Waals surface area contributed by atoms with E-state index < -0.39 is 23.8 Å². The lowest BCUT2D eigenvalue weighted by Gasteiger charge is -2.19. The largest absolute Gasteiger partial charge is 0.489 e. The lowest BCUT2D eigenvalue weighted by Crippen LogP contribution is -2.38. The molecule has 3 aromatic carbocycles. The number of benzene rings is 3. The summed E-state index contributed by atoms with van der Waals surface area (Å²) in [5.74, 6) is -1.17. The van der Waals surface area contributed by atoms with Gasteiger partial charge in [0.15, 0.2) is 0 Å². The molecule has 3 N–H and O–H groups in total. The van der Waals surface area contributed by atoms with E-state index in [2.05, 4.69) is 0 Å². The second kappa shape index (κ2) is 11.0. The third kappa shape index (κ3) is 5.98. The summed E-state index contributed by atoms with van der Waals surface area (Å²) in [4.78, 5) is 24.8. The highest BCUT2D eigenvalue weighted by Gasteiger charge is 2.34. The summed E-state index contributed by atoms with van der Waals surface area (Å²) in [5, 5.41) is 8.92. The van der Waals surface area contributed by atoms with E-state index in [4.69, 9.17) is 15.6 Å². The number of carbonyl (C=O) groups excluding carboxylic acids is 1. The average Bonchev–Trinajstić information content (AvgIpc) is 3.26. The second-order valence-electron chi connectivity index (χ2n) is 8.27. The molecule has 0 bridgehead atoms. The summed E-state index contributed by atoms with van der Waals surface area (Å²) in [5.41, 5.74) is 7.17. The molecule has 0 unspecified atom stereocenters. The summed E-state index contributed by atoms with van der Waals surface area (Å²) in [6.07, 6.45) is -4.29. The van der Waals surface area contributed by atoms with Crippen molar-refractivity contribution < 1.29 is 32.6 Å². The van der Waals surface area contributed by atoms with Gasteiger partial charge in [0.25, 0.3) is 0 Å². The maximum Gasteiger partial charge on any atom is 0.417 e. The van der Waals surface area contributed by atoms with E-state index in [1.54, 1.807) is 54.6 Å². The van der Waals surface area contributed by atoms with Gasteiger partial charge < -0.3 is 20.5 Å². The van der Waals surface area contributed by atoms with Crippen LogP contribution in [0.1, 0.15) is 23.1 Å². The maximum atomic E-state index is 13.7. The highest BCUT2D eigenvalue weighted by atomic mass is 35.5. The van der Waals surface area contributed by atoms with Gasteiger partial charge in [0.05, 0.1) is 12.0 Å². The molecule has 1 heterocycles. The Labute approximate surface area is 211 Å². The van der Waals surface area contributed by atoms with Crippen LogP contribution in [-0.4, -0.2) is 29.6 Å². The van der Waals surface area contributed by atoms with Crippen LogP contribution in [0.3, 0.4) is 0 Å². The van der Waals surface area contributed by atoms with E-state index in [-0.39, 0.29) is 36.9 Å². The minimum absolute atomic E-state index is 0. The summed E-state index contributed by atoms with van der Waals surface area (Å²) < 4.78 is 47.0. The topological polar surface area (TPSA) is 92.9 Å². The molecular formula is C26H24ClF3N2O4. The van der Waals surface area contributed by atoms with Crippen molar-refractivity contribution in [3.8, 4) is 16.9 Å². The highest BCUT2D eigenvalue weighted by molar-refractivity contribution is 5.98. The zero-order valence-corrected chi connectivity index (χ0v) is 19.8. The number of hydrogen-bond donors (Lipinski definition) is 2. The van der Waals surface area contributed by atoms with Crippen LogP contribution in [0.25, 0.3) is 11.1 Å². The molecule has 0 aliphatic carbocycles. The summed E-state index contributed by atoms with van der Waals surface area (Å²) >= 11 is 0. The molecular weight excluding hydrogens is 497 g/mol. The SMILES string of the molecule is Cl.N[C@@H](CC(=O)N1CCc2cc(OCc3ccc(-c4ccccc4)c(C(F)(F)F)c3)ccc21)C(=O)O. The number of carboxylic acids is 1. The van der Waals surface area contributed by atoms with Crippen LogP contribution < -0.4 is 15.4 Å². The molecule has 0 saturated carbocycles. The first-order valence-electron chi connectivity index (χ1n) is 10.9. The summed E-state index contributed by atoms with van der Waals surface area (Å²) in [6, 6.07) is 16.3. The van der Waals surface area contributed by atoms with Gasteiger partial charge in [-0.05, 0) is 52.9 Å². The number of nitrogens with zero attached hydrogens (tertiary/aromatic N) is 1. The average molecular weight is 521 g/mol. The number of anilines is 1. The molecule has 3 aromatic rings. The molecule has 0 aromatic heterocycles. The second-order valence-corrected chi connectivity index (χ2v) is 8.27. The Morgan fingerprint density at radius 3 is 2.44 bits per heavy atom. The third-order valence-electron chi connectivity index (χ3n) is 5.84. The Morgan fingerprint density at radius 1 is 1.06 bits per heavy atom. The number of amides is 1. The number of carboxylic acid groups (broad SMARTS) is 1. The van der Waals surface area contributed by atoms with E-state index in [1.807, 2.05) is 0 Å². The quantitative estimate of drug-likeness (QED) is 0.454. The van der Waals surface area contributed by atoms with Gasteiger partial charge in [0.1, 0.15) is 18.4 Å². The predicted molar refractivity (Wildman–Crippen MR) is 131 cm³/mol. The first-order valence-corrected chi connectivity index (χ1v) is 10.9. The van der Waals surface area contributed by atoms with Crippen LogP contribution in [0, 0.1) is 0 Å². The standard InChI is InChI=1S/C26H23F3N2O4.ClH/c27-26(28,29)21-12-16(6-8-20(21)17-4-2-1-3-5-17)15-35-19-7-9-23-18(13-19)10-11-31(23)24(32)14-22(30)25(33)34;/h1-9,12-13,22H,10-11,14-15,30H2,(H,33,34);1H/t22-;/m0./s1. The zero-order valence-electron chi connectivity index (χ0n) is 19.0. The first kappa shape index (κ1) is 27.0. The molecule has 1 amide bonds. The molecule has 0 saturated heterocycles. The van der Waals surface area contributed by atoms with Gasteiger partial charge >= 0.3 is 12.1 Å². The normalized spacial score (nSPS) is 13.5. The van der Waals surface area contributed by atoms with Crippen molar-refractivity contribution >= 4 is 30.0 Å². The number of aliphatic carboxylic acids is 1. The smallest absolute Gasteiger partial charge is 0.417 e. The Balaban J connectivity index is 0.00000361. The van der Waals surface area contributed by atoms with E-state index in [0.717, 1.165) is 11.6 Å². The van der Waals surface area contributed by atoms with Crippen molar-refractivity contribution in [2.75, 3.05) is 11.4 Å². The molecule has 36 heavy (non-hydrogen) atoms. The van der Waals surface area contributed by atoms with Gasteiger partial charge in [0, 0.05) is 12.2 Å². The minimum atomic E-state index is -4.52. The molecule has 1 aliphatic rings. The van der Waals surface area contributed by atoms with E-state index >= 15 is 0 Å². The molecule has 6 nitrogen and oxygen atoms in total. The number of ether oxygens (including phenoxy) is 1. The number of halogens is 4. The van der Waals surface area contributed by atoms with Gasteiger partial charge in [-0.25, -0.2) is 0 Å². The lowest BCUT2D eigenvalue weighted by atomic mass is 9.97. The summed E-state index contributed by atoms with van der Waals surface area (Å²) in [6.45, 7) is 0.326. The summed E-state index contributed by atoms with van der Waals surface area (Å²) in [7, 11) is 0. The van der Waals surface area contributed by atoms with E-state index in [1.165, 1.54) is 11.0 Å². The van der Waals surface area contributed by atoms with Crippen molar-refractivity contribution in [2.45, 2.75) is 31.7 Å². The van der Waals surface area contributed by atoms with Crippen LogP contribution in [-0.2, 0) is 28.8 Å². The number of nitrogens with two attached hydrogens (primary N) is 1. The van der Waals surface area contributed by atoms with Crippen molar-refractivity contribution in [3.63, 3.8) is 0 Å². The van der Waals surface area contributed by atoms with Crippen LogP contribution in [0.2, 0.25) is 0 Å². The van der Waals surface area contributed by atoms with Gasteiger partial charge in [-0.15, -0.1) is 12.4 Å². The number of carbonyl (C=O) groups is 2. The molecule has 0 radical (unpaired) electrons. The van der Waals surface area contributed by atoms with Crippen molar-refractivity contribution in [1.82, 2.24) is 0 Å². The van der Waals surface area contributed by atoms with Gasteiger partial charge in [-0.2, -0.15) is 13.2 Å².